The Bertz CT molecular complexity index is 499. The summed E-state index contributed by atoms with van der Waals surface area (Å²) in [5.74, 6) is 0.502. The van der Waals surface area contributed by atoms with Gasteiger partial charge in [-0.25, -0.2) is 9.37 Å². The quantitative estimate of drug-likeness (QED) is 0.884. The third-order valence-corrected chi connectivity index (χ3v) is 2.79. The Morgan fingerprint density at radius 3 is 2.82 bits per heavy atom. The number of aryl methyl sites for hydroxylation is 2. The predicted octanol–water partition coefficient (Wildman–Crippen LogP) is 2.40. The Morgan fingerprint density at radius 1 is 1.41 bits per heavy atom. The molecular weight excluding hydrogens is 217 g/mol. The van der Waals surface area contributed by atoms with E-state index in [1.807, 2.05) is 30.7 Å². The van der Waals surface area contributed by atoms with Crippen molar-refractivity contribution in [3.8, 4) is 0 Å². The van der Waals surface area contributed by atoms with Crippen molar-refractivity contribution in [2.45, 2.75) is 26.4 Å². The first-order valence-corrected chi connectivity index (χ1v) is 5.65. The molecule has 2 aromatic rings. The van der Waals surface area contributed by atoms with Crippen molar-refractivity contribution in [2.75, 3.05) is 0 Å². The lowest BCUT2D eigenvalue weighted by molar-refractivity contribution is 0.615. The topological polar surface area (TPSA) is 43.8 Å². The first kappa shape index (κ1) is 11.8. The van der Waals surface area contributed by atoms with Crippen LogP contribution in [0.4, 0.5) is 4.39 Å². The maximum absolute atomic E-state index is 13.3. The van der Waals surface area contributed by atoms with Gasteiger partial charge in [0.25, 0.3) is 0 Å². The molecule has 0 fully saturated rings. The molecule has 0 aliphatic rings. The van der Waals surface area contributed by atoms with Gasteiger partial charge >= 0.3 is 0 Å². The average molecular weight is 233 g/mol. The van der Waals surface area contributed by atoms with Gasteiger partial charge in [0, 0.05) is 18.9 Å². The number of nitrogens with zero attached hydrogens (tertiary/aromatic N) is 2. The molecular formula is C13H16FN3. The number of aromatic nitrogens is 2. The van der Waals surface area contributed by atoms with Crippen molar-refractivity contribution in [2.24, 2.45) is 5.73 Å². The van der Waals surface area contributed by atoms with Crippen LogP contribution in [0, 0.1) is 12.7 Å². The zero-order valence-corrected chi connectivity index (χ0v) is 10.0. The number of hydrogen-bond acceptors (Lipinski definition) is 2. The van der Waals surface area contributed by atoms with E-state index in [9.17, 15) is 4.39 Å². The van der Waals surface area contributed by atoms with E-state index in [2.05, 4.69) is 4.98 Å². The minimum atomic E-state index is -0.389. The summed E-state index contributed by atoms with van der Waals surface area (Å²) in [6.07, 6.45) is 3.59. The molecule has 0 spiro atoms. The molecule has 17 heavy (non-hydrogen) atoms. The number of imidazole rings is 1. The molecule has 1 unspecified atom stereocenters. The molecule has 1 atom stereocenters. The van der Waals surface area contributed by atoms with Gasteiger partial charge in [-0.15, -0.1) is 0 Å². The fraction of sp³-hybridized carbons (Fsp3) is 0.308. The summed E-state index contributed by atoms with van der Waals surface area (Å²) in [6.45, 7) is 4.68. The van der Waals surface area contributed by atoms with Crippen LogP contribution in [0.1, 0.15) is 29.9 Å². The van der Waals surface area contributed by atoms with E-state index in [1.54, 1.807) is 6.20 Å². The summed E-state index contributed by atoms with van der Waals surface area (Å²) in [4.78, 5) is 4.24. The number of rotatable bonds is 3. The second-order valence-corrected chi connectivity index (χ2v) is 4.11. The van der Waals surface area contributed by atoms with Gasteiger partial charge in [-0.3, -0.25) is 0 Å². The van der Waals surface area contributed by atoms with Crippen molar-refractivity contribution in [1.29, 1.82) is 0 Å². The second-order valence-electron chi connectivity index (χ2n) is 4.11. The highest BCUT2D eigenvalue weighted by Crippen LogP contribution is 2.20. The van der Waals surface area contributed by atoms with Crippen molar-refractivity contribution < 1.29 is 4.39 Å². The zero-order valence-electron chi connectivity index (χ0n) is 10.0. The largest absolute Gasteiger partial charge is 0.334 e. The molecule has 1 aromatic heterocycles. The number of benzene rings is 1. The maximum atomic E-state index is 13.3. The summed E-state index contributed by atoms with van der Waals surface area (Å²) in [7, 11) is 0. The van der Waals surface area contributed by atoms with E-state index in [1.165, 1.54) is 12.1 Å². The van der Waals surface area contributed by atoms with E-state index < -0.39 is 0 Å². The van der Waals surface area contributed by atoms with E-state index in [-0.39, 0.29) is 11.9 Å². The fourth-order valence-electron chi connectivity index (χ4n) is 1.96. The van der Waals surface area contributed by atoms with Crippen LogP contribution >= 0.6 is 0 Å². The Morgan fingerprint density at radius 2 is 2.18 bits per heavy atom. The molecule has 0 radical (unpaired) electrons. The maximum Gasteiger partial charge on any atom is 0.130 e. The number of nitrogens with two attached hydrogens (primary N) is 1. The van der Waals surface area contributed by atoms with Gasteiger partial charge < -0.3 is 10.3 Å². The highest BCUT2D eigenvalue weighted by atomic mass is 19.1. The normalized spacial score (nSPS) is 12.7. The van der Waals surface area contributed by atoms with E-state index in [0.717, 1.165) is 23.5 Å². The van der Waals surface area contributed by atoms with Crippen molar-refractivity contribution >= 4 is 0 Å². The van der Waals surface area contributed by atoms with Gasteiger partial charge in [0.1, 0.15) is 11.6 Å². The van der Waals surface area contributed by atoms with Gasteiger partial charge in [-0.05, 0) is 37.1 Å². The SMILES string of the molecule is CCn1ccnc1C(N)c1cc(C)cc(F)c1. The third-order valence-electron chi connectivity index (χ3n) is 2.79. The lowest BCUT2D eigenvalue weighted by Gasteiger charge is -2.14. The van der Waals surface area contributed by atoms with Gasteiger partial charge in [-0.1, -0.05) is 6.07 Å². The molecule has 4 heteroatoms. The minimum Gasteiger partial charge on any atom is -0.334 e. The first-order valence-electron chi connectivity index (χ1n) is 5.65. The van der Waals surface area contributed by atoms with Crippen LogP contribution in [-0.4, -0.2) is 9.55 Å². The Balaban J connectivity index is 2.39. The van der Waals surface area contributed by atoms with Gasteiger partial charge in [0.05, 0.1) is 6.04 Å². The average Bonchev–Trinajstić information content (AvgIpc) is 2.74. The van der Waals surface area contributed by atoms with Gasteiger partial charge in [-0.2, -0.15) is 0 Å². The lowest BCUT2D eigenvalue weighted by Crippen LogP contribution is -2.17. The molecule has 3 nitrogen and oxygen atoms in total. The number of hydrogen-bond donors (Lipinski definition) is 1. The Hall–Kier alpha value is -1.68. The highest BCUT2D eigenvalue weighted by Gasteiger charge is 2.15. The zero-order chi connectivity index (χ0) is 12.4. The molecule has 0 amide bonds. The Labute approximate surface area is 100 Å². The van der Waals surface area contributed by atoms with Gasteiger partial charge in [0.2, 0.25) is 0 Å². The smallest absolute Gasteiger partial charge is 0.130 e. The second kappa shape index (κ2) is 4.67. The van der Waals surface area contributed by atoms with Crippen molar-refractivity contribution in [3.63, 3.8) is 0 Å². The monoisotopic (exact) mass is 233 g/mol. The summed E-state index contributed by atoms with van der Waals surface area (Å²) in [5.41, 5.74) is 7.74. The Kier molecular flexibility index (Phi) is 3.24. The molecule has 90 valence electrons. The van der Waals surface area contributed by atoms with E-state index in [4.69, 9.17) is 5.73 Å². The lowest BCUT2D eigenvalue weighted by atomic mass is 10.0. The third kappa shape index (κ3) is 2.36. The molecule has 1 aromatic carbocycles. The van der Waals surface area contributed by atoms with Crippen LogP contribution in [0.2, 0.25) is 0 Å². The molecule has 0 aliphatic carbocycles. The standard InChI is InChI=1S/C13H16FN3/c1-3-17-5-4-16-13(17)12(15)10-6-9(2)7-11(14)8-10/h4-8,12H,3,15H2,1-2H3. The van der Waals surface area contributed by atoms with Crippen molar-refractivity contribution in [3.05, 3.63) is 53.4 Å². The van der Waals surface area contributed by atoms with Crippen molar-refractivity contribution in [1.82, 2.24) is 9.55 Å². The van der Waals surface area contributed by atoms with Crippen LogP contribution in [0.3, 0.4) is 0 Å². The summed E-state index contributed by atoms with van der Waals surface area (Å²) in [6, 6.07) is 4.46. The highest BCUT2D eigenvalue weighted by molar-refractivity contribution is 5.29. The van der Waals surface area contributed by atoms with E-state index >= 15 is 0 Å². The van der Waals surface area contributed by atoms with Crippen LogP contribution in [-0.2, 0) is 6.54 Å². The minimum absolute atomic E-state index is 0.259. The summed E-state index contributed by atoms with van der Waals surface area (Å²) < 4.78 is 15.3. The first-order chi connectivity index (χ1) is 8.11. The number of halogens is 1. The van der Waals surface area contributed by atoms with E-state index in [0.29, 0.717) is 0 Å². The predicted molar refractivity (Wildman–Crippen MR) is 65.1 cm³/mol. The molecule has 0 saturated heterocycles. The molecule has 0 aliphatic heterocycles. The molecule has 2 N–H and O–H groups in total. The summed E-state index contributed by atoms with van der Waals surface area (Å²) >= 11 is 0. The fourth-order valence-corrected chi connectivity index (χ4v) is 1.96. The van der Waals surface area contributed by atoms with Crippen LogP contribution < -0.4 is 5.73 Å². The van der Waals surface area contributed by atoms with Crippen LogP contribution in [0.15, 0.2) is 30.6 Å². The molecule has 0 bridgehead atoms. The van der Waals surface area contributed by atoms with Crippen LogP contribution in [0.25, 0.3) is 0 Å². The summed E-state index contributed by atoms with van der Waals surface area (Å²) in [5, 5.41) is 0. The molecule has 1 heterocycles. The van der Waals surface area contributed by atoms with Crippen LogP contribution in [0.5, 0.6) is 0 Å². The molecule has 0 saturated carbocycles. The molecule has 2 rings (SSSR count). The van der Waals surface area contributed by atoms with Gasteiger partial charge in [0.15, 0.2) is 0 Å².